The molecule has 8 rings (SSSR count). The quantitative estimate of drug-likeness (QED) is 0.191. The highest BCUT2D eigenvalue weighted by atomic mass is 79.9. The Morgan fingerprint density at radius 3 is 2.40 bits per heavy atom. The monoisotopic (exact) mass is 746 g/mol. The van der Waals surface area contributed by atoms with Gasteiger partial charge >= 0.3 is 0 Å². The average Bonchev–Trinajstić information content (AvgIpc) is 3.08. The largest absolute Gasteiger partial charge is 0.493 e. The van der Waals surface area contributed by atoms with Crippen LogP contribution < -0.4 is 20.1 Å². The molecule has 2 amide bonds. The van der Waals surface area contributed by atoms with E-state index in [9.17, 15) is 9.59 Å². The van der Waals surface area contributed by atoms with Crippen molar-refractivity contribution in [1.82, 2.24) is 25.1 Å². The predicted molar refractivity (Wildman–Crippen MR) is 198 cm³/mol. The van der Waals surface area contributed by atoms with Crippen molar-refractivity contribution in [3.63, 3.8) is 0 Å². The lowest BCUT2D eigenvalue weighted by Crippen LogP contribution is -2.50. The van der Waals surface area contributed by atoms with Crippen LogP contribution in [0.1, 0.15) is 75.7 Å². The highest BCUT2D eigenvalue weighted by Crippen LogP contribution is 2.61. The number of carbonyl (C=O) groups is 2. The van der Waals surface area contributed by atoms with Crippen molar-refractivity contribution < 1.29 is 19.1 Å². The molecule has 268 valence electrons. The second-order valence-corrected chi connectivity index (χ2v) is 16.3. The Morgan fingerprint density at radius 1 is 1.00 bits per heavy atom. The molecule has 2 heterocycles. The fourth-order valence-corrected chi connectivity index (χ4v) is 10.0. The van der Waals surface area contributed by atoms with E-state index >= 15 is 0 Å². The van der Waals surface area contributed by atoms with Crippen molar-refractivity contribution in [2.24, 2.45) is 23.2 Å². The lowest BCUT2D eigenvalue weighted by Gasteiger charge is -2.56. The fourth-order valence-electron chi connectivity index (χ4n) is 9.59. The van der Waals surface area contributed by atoms with Crippen LogP contribution in [-0.2, 0) is 9.59 Å². The summed E-state index contributed by atoms with van der Waals surface area (Å²) in [6.07, 6.45) is 9.71. The van der Waals surface area contributed by atoms with Gasteiger partial charge in [0.05, 0.1) is 18.7 Å². The molecule has 10 nitrogen and oxygen atoms in total. The maximum atomic E-state index is 13.2. The van der Waals surface area contributed by atoms with E-state index in [-0.39, 0.29) is 24.5 Å². The average molecular weight is 748 g/mol. The van der Waals surface area contributed by atoms with Gasteiger partial charge in [0, 0.05) is 55.1 Å². The molecule has 1 saturated heterocycles. The third-order valence-electron chi connectivity index (χ3n) is 11.5. The Hall–Kier alpha value is -3.44. The molecule has 1 aromatic heterocycles. The maximum absolute atomic E-state index is 13.2. The third-order valence-corrected chi connectivity index (χ3v) is 12.0. The fraction of sp³-hybridized carbons (Fsp3) is 0.590. The SMILES string of the molecule is COc1cc2c(N[C@H](C)c3cccc(Br)c3)nc(C)nc2cc1OCC(=O)N1CCN(CCCNC(=O)CC23CC4CC(CC(C4)C2)C3)CC1. The first kappa shape index (κ1) is 35.0. The van der Waals surface area contributed by atoms with Gasteiger partial charge in [-0.2, -0.15) is 0 Å². The Labute approximate surface area is 304 Å². The summed E-state index contributed by atoms with van der Waals surface area (Å²) in [5, 5.41) is 7.57. The lowest BCUT2D eigenvalue weighted by atomic mass is 9.49. The highest BCUT2D eigenvalue weighted by Gasteiger charge is 2.51. The summed E-state index contributed by atoms with van der Waals surface area (Å²) in [5.74, 6) is 5.16. The molecule has 3 aromatic rings. The van der Waals surface area contributed by atoms with Crippen LogP contribution in [0, 0.1) is 30.1 Å². The number of hydrogen-bond donors (Lipinski definition) is 2. The van der Waals surface area contributed by atoms with Crippen molar-refractivity contribution in [3.8, 4) is 11.5 Å². The maximum Gasteiger partial charge on any atom is 0.260 e. The molecule has 11 heteroatoms. The summed E-state index contributed by atoms with van der Waals surface area (Å²) in [7, 11) is 1.59. The third kappa shape index (κ3) is 8.04. The Morgan fingerprint density at radius 2 is 1.72 bits per heavy atom. The first-order valence-corrected chi connectivity index (χ1v) is 19.2. The number of halogens is 1. The molecule has 4 saturated carbocycles. The molecule has 4 aliphatic carbocycles. The van der Waals surface area contributed by atoms with Gasteiger partial charge in [0.2, 0.25) is 5.91 Å². The Balaban J connectivity index is 0.862. The number of ether oxygens (including phenoxy) is 2. The zero-order chi connectivity index (χ0) is 34.8. The minimum absolute atomic E-state index is 0.00622. The summed E-state index contributed by atoms with van der Waals surface area (Å²) in [6.45, 7) is 8.47. The van der Waals surface area contributed by atoms with Gasteiger partial charge in [-0.3, -0.25) is 14.5 Å². The summed E-state index contributed by atoms with van der Waals surface area (Å²) < 4.78 is 12.8. The van der Waals surface area contributed by atoms with Gasteiger partial charge in [-0.1, -0.05) is 28.1 Å². The summed E-state index contributed by atoms with van der Waals surface area (Å²) in [5.41, 5.74) is 2.13. The van der Waals surface area contributed by atoms with Crippen LogP contribution in [0.3, 0.4) is 0 Å². The number of anilines is 1. The Bertz CT molecular complexity index is 1670. The van der Waals surface area contributed by atoms with Gasteiger partial charge < -0.3 is 25.0 Å². The van der Waals surface area contributed by atoms with Crippen LogP contribution in [-0.4, -0.2) is 84.6 Å². The smallest absolute Gasteiger partial charge is 0.260 e. The van der Waals surface area contributed by atoms with Gasteiger partial charge in [0.25, 0.3) is 5.91 Å². The number of piperazine rings is 1. The molecule has 50 heavy (non-hydrogen) atoms. The van der Waals surface area contributed by atoms with E-state index in [1.807, 2.05) is 36.1 Å². The molecular weight excluding hydrogens is 696 g/mol. The minimum atomic E-state index is -0.0767. The normalized spacial score (nSPS) is 25.0. The van der Waals surface area contributed by atoms with Crippen molar-refractivity contribution in [2.75, 3.05) is 58.3 Å². The molecule has 0 spiro atoms. The van der Waals surface area contributed by atoms with Crippen LogP contribution in [0.25, 0.3) is 10.9 Å². The number of methoxy groups -OCH3 is 1. The number of rotatable bonds is 13. The summed E-state index contributed by atoms with van der Waals surface area (Å²) >= 11 is 3.56. The summed E-state index contributed by atoms with van der Waals surface area (Å²) in [4.78, 5) is 39.7. The molecule has 5 aliphatic rings. The van der Waals surface area contributed by atoms with Crippen molar-refractivity contribution in [2.45, 2.75) is 71.3 Å². The van der Waals surface area contributed by atoms with Crippen LogP contribution in [0.15, 0.2) is 40.9 Å². The highest BCUT2D eigenvalue weighted by molar-refractivity contribution is 9.10. The van der Waals surface area contributed by atoms with E-state index in [0.29, 0.717) is 47.2 Å². The zero-order valence-electron chi connectivity index (χ0n) is 29.7. The van der Waals surface area contributed by atoms with Gasteiger partial charge in [-0.25, -0.2) is 9.97 Å². The first-order chi connectivity index (χ1) is 24.1. The molecule has 5 fully saturated rings. The number of aryl methyl sites for hydroxylation is 1. The van der Waals surface area contributed by atoms with Gasteiger partial charge in [-0.05, 0) is 112 Å². The van der Waals surface area contributed by atoms with Gasteiger partial charge in [0.1, 0.15) is 11.6 Å². The van der Waals surface area contributed by atoms with Crippen LogP contribution in [0.2, 0.25) is 0 Å². The van der Waals surface area contributed by atoms with E-state index in [4.69, 9.17) is 9.47 Å². The molecule has 0 radical (unpaired) electrons. The number of nitrogens with zero attached hydrogens (tertiary/aromatic N) is 4. The molecule has 1 aliphatic heterocycles. The number of carbonyl (C=O) groups excluding carboxylic acids is 2. The van der Waals surface area contributed by atoms with Crippen LogP contribution in [0.5, 0.6) is 11.5 Å². The molecular formula is C39H51BrN6O4. The second kappa shape index (κ2) is 15.0. The van der Waals surface area contributed by atoms with E-state index in [0.717, 1.165) is 72.2 Å². The van der Waals surface area contributed by atoms with Gasteiger partial charge in [-0.15, -0.1) is 0 Å². The topological polar surface area (TPSA) is 109 Å². The molecule has 4 bridgehead atoms. The van der Waals surface area contributed by atoms with Gasteiger partial charge in [0.15, 0.2) is 18.1 Å². The van der Waals surface area contributed by atoms with E-state index in [1.165, 1.54) is 38.5 Å². The second-order valence-electron chi connectivity index (χ2n) is 15.4. The number of nitrogens with one attached hydrogen (secondary N) is 2. The summed E-state index contributed by atoms with van der Waals surface area (Å²) in [6, 6.07) is 11.9. The first-order valence-electron chi connectivity index (χ1n) is 18.4. The standard InChI is InChI=1S/C39H51BrN6O4/c1-25(30-6-4-7-31(40)17-30)42-38-32-18-34(49-3)35(19-33(32)43-26(2)44-38)50-24-37(48)46-12-10-45(11-13-46)9-5-8-41-36(47)23-39-20-27-14-28(21-39)16-29(15-27)22-39/h4,6-7,17-19,25,27-29H,5,8-16,20-24H2,1-3H3,(H,41,47)(H,42,43,44)/t25-,27?,28?,29?,39?/m1/s1. The van der Waals surface area contributed by atoms with Crippen LogP contribution >= 0.6 is 15.9 Å². The number of aromatic nitrogens is 2. The number of benzene rings is 2. The Kier molecular flexibility index (Phi) is 10.5. The van der Waals surface area contributed by atoms with Crippen molar-refractivity contribution >= 4 is 44.5 Å². The molecule has 2 N–H and O–H groups in total. The van der Waals surface area contributed by atoms with E-state index < -0.39 is 0 Å². The zero-order valence-corrected chi connectivity index (χ0v) is 31.3. The van der Waals surface area contributed by atoms with Crippen molar-refractivity contribution in [3.05, 3.63) is 52.3 Å². The van der Waals surface area contributed by atoms with Crippen LogP contribution in [0.4, 0.5) is 5.82 Å². The number of amides is 2. The van der Waals surface area contributed by atoms with Crippen molar-refractivity contribution in [1.29, 1.82) is 0 Å². The van der Waals surface area contributed by atoms with E-state index in [2.05, 4.69) is 60.5 Å². The number of fused-ring (bicyclic) bond motifs is 1. The molecule has 0 unspecified atom stereocenters. The lowest BCUT2D eigenvalue weighted by molar-refractivity contribution is -0.135. The minimum Gasteiger partial charge on any atom is -0.493 e. The number of hydrogen-bond acceptors (Lipinski definition) is 8. The molecule has 1 atom stereocenters. The predicted octanol–water partition coefficient (Wildman–Crippen LogP) is 6.52. The molecule has 2 aromatic carbocycles. The van der Waals surface area contributed by atoms with E-state index in [1.54, 1.807) is 7.11 Å².